The lowest BCUT2D eigenvalue weighted by Crippen LogP contribution is -2.49. The molecule has 2 aromatic rings. The van der Waals surface area contributed by atoms with Gasteiger partial charge in [0.15, 0.2) is 5.11 Å². The van der Waals surface area contributed by atoms with Crippen molar-refractivity contribution in [2.45, 2.75) is 6.18 Å². The molecular formula is C21H22F3N3S. The van der Waals surface area contributed by atoms with Crippen LogP contribution in [-0.4, -0.2) is 47.6 Å². The third-order valence-electron chi connectivity index (χ3n) is 4.60. The van der Waals surface area contributed by atoms with Gasteiger partial charge in [-0.3, -0.25) is 4.90 Å². The summed E-state index contributed by atoms with van der Waals surface area (Å²) in [6.07, 6.45) is -0.0583. The lowest BCUT2D eigenvalue weighted by atomic mass is 10.2. The number of nitrogens with one attached hydrogen (secondary N) is 1. The van der Waals surface area contributed by atoms with Gasteiger partial charge in [0.25, 0.3) is 0 Å². The average Bonchev–Trinajstić information content (AvgIpc) is 2.69. The molecule has 3 rings (SSSR count). The molecule has 0 spiro atoms. The van der Waals surface area contributed by atoms with Crippen LogP contribution in [0.2, 0.25) is 0 Å². The standard InChI is InChI=1S/C21H22F3N3S/c22-21(23,24)18-8-10-19(11-9-18)25-20(28)27-15-13-26(14-16-27)12-4-7-17-5-2-1-3-6-17/h1-11H,12-16H2,(H,25,28)/b7-4+. The molecule has 1 aliphatic heterocycles. The van der Waals surface area contributed by atoms with Crippen LogP contribution >= 0.6 is 12.2 Å². The molecule has 0 amide bonds. The molecule has 1 fully saturated rings. The molecule has 1 aliphatic rings. The minimum Gasteiger partial charge on any atom is -0.346 e. The third-order valence-corrected chi connectivity index (χ3v) is 4.96. The Morgan fingerprint density at radius 1 is 0.964 bits per heavy atom. The summed E-state index contributed by atoms with van der Waals surface area (Å²) in [4.78, 5) is 4.39. The van der Waals surface area contributed by atoms with E-state index in [2.05, 4.69) is 34.5 Å². The first kappa shape index (κ1) is 20.4. The number of hydrogen-bond donors (Lipinski definition) is 1. The summed E-state index contributed by atoms with van der Waals surface area (Å²) in [6, 6.07) is 15.1. The summed E-state index contributed by atoms with van der Waals surface area (Å²) in [5.41, 5.74) is 1.08. The van der Waals surface area contributed by atoms with Crippen molar-refractivity contribution in [3.8, 4) is 0 Å². The topological polar surface area (TPSA) is 18.5 Å². The number of piperazine rings is 1. The number of rotatable bonds is 4. The van der Waals surface area contributed by atoms with Gasteiger partial charge in [-0.25, -0.2) is 0 Å². The third kappa shape index (κ3) is 5.81. The molecule has 0 aliphatic carbocycles. The highest BCUT2D eigenvalue weighted by atomic mass is 32.1. The molecule has 0 bridgehead atoms. The summed E-state index contributed by atoms with van der Waals surface area (Å²) < 4.78 is 37.9. The van der Waals surface area contributed by atoms with E-state index in [-0.39, 0.29) is 0 Å². The second-order valence-electron chi connectivity index (χ2n) is 6.61. The highest BCUT2D eigenvalue weighted by Gasteiger charge is 2.30. The van der Waals surface area contributed by atoms with Crippen molar-refractivity contribution in [1.82, 2.24) is 9.80 Å². The van der Waals surface area contributed by atoms with Gasteiger partial charge in [-0.2, -0.15) is 13.2 Å². The second kappa shape index (κ2) is 9.21. The van der Waals surface area contributed by atoms with Crippen LogP contribution in [0.5, 0.6) is 0 Å². The lowest BCUT2D eigenvalue weighted by Gasteiger charge is -2.35. The van der Waals surface area contributed by atoms with Gasteiger partial charge in [0.05, 0.1) is 5.56 Å². The lowest BCUT2D eigenvalue weighted by molar-refractivity contribution is -0.137. The minimum atomic E-state index is -4.33. The van der Waals surface area contributed by atoms with Gasteiger partial charge in [-0.15, -0.1) is 0 Å². The number of alkyl halides is 3. The van der Waals surface area contributed by atoms with E-state index in [0.717, 1.165) is 44.9 Å². The molecule has 3 nitrogen and oxygen atoms in total. The SMILES string of the molecule is FC(F)(F)c1ccc(NC(=S)N2CCN(C/C=C/c3ccccc3)CC2)cc1. The van der Waals surface area contributed by atoms with Gasteiger partial charge in [0.2, 0.25) is 0 Å². The van der Waals surface area contributed by atoms with E-state index in [4.69, 9.17) is 12.2 Å². The van der Waals surface area contributed by atoms with Crippen molar-refractivity contribution in [2.75, 3.05) is 38.0 Å². The molecule has 1 heterocycles. The fraction of sp³-hybridized carbons (Fsp3) is 0.286. The summed E-state index contributed by atoms with van der Waals surface area (Å²) in [6.45, 7) is 4.21. The molecule has 7 heteroatoms. The van der Waals surface area contributed by atoms with Gasteiger partial charge in [0.1, 0.15) is 0 Å². The Morgan fingerprint density at radius 3 is 2.21 bits per heavy atom. The highest BCUT2D eigenvalue weighted by molar-refractivity contribution is 7.80. The van der Waals surface area contributed by atoms with E-state index >= 15 is 0 Å². The van der Waals surface area contributed by atoms with Crippen molar-refractivity contribution < 1.29 is 13.2 Å². The van der Waals surface area contributed by atoms with Gasteiger partial charge in [-0.05, 0) is 42.0 Å². The highest BCUT2D eigenvalue weighted by Crippen LogP contribution is 2.29. The minimum absolute atomic E-state index is 0.541. The van der Waals surface area contributed by atoms with E-state index in [1.807, 2.05) is 23.1 Å². The predicted octanol–water partition coefficient (Wildman–Crippen LogP) is 4.73. The molecule has 1 N–H and O–H groups in total. The zero-order valence-corrected chi connectivity index (χ0v) is 16.1. The van der Waals surface area contributed by atoms with E-state index in [1.54, 1.807) is 0 Å². The van der Waals surface area contributed by atoms with E-state index in [1.165, 1.54) is 17.7 Å². The first-order valence-corrected chi connectivity index (χ1v) is 9.50. The number of hydrogen-bond acceptors (Lipinski definition) is 2. The second-order valence-corrected chi connectivity index (χ2v) is 6.99. The van der Waals surface area contributed by atoms with Crippen LogP contribution in [0.25, 0.3) is 6.08 Å². The molecule has 2 aromatic carbocycles. The Balaban J connectivity index is 1.44. The van der Waals surface area contributed by atoms with Crippen molar-refractivity contribution in [1.29, 1.82) is 0 Å². The number of nitrogens with zero attached hydrogens (tertiary/aromatic N) is 2. The van der Waals surface area contributed by atoms with E-state index < -0.39 is 11.7 Å². The predicted molar refractivity (Wildman–Crippen MR) is 111 cm³/mol. The fourth-order valence-corrected chi connectivity index (χ4v) is 3.28. The largest absolute Gasteiger partial charge is 0.416 e. The first-order chi connectivity index (χ1) is 13.4. The van der Waals surface area contributed by atoms with Crippen LogP contribution < -0.4 is 5.32 Å². The maximum atomic E-state index is 12.6. The number of thiocarbonyl (C=S) groups is 1. The Hall–Kier alpha value is -2.38. The first-order valence-electron chi connectivity index (χ1n) is 9.09. The van der Waals surface area contributed by atoms with Crippen molar-refractivity contribution in [2.24, 2.45) is 0 Å². The van der Waals surface area contributed by atoms with Crippen LogP contribution in [0.4, 0.5) is 18.9 Å². The smallest absolute Gasteiger partial charge is 0.346 e. The molecular weight excluding hydrogens is 383 g/mol. The van der Waals surface area contributed by atoms with Crippen LogP contribution in [0.1, 0.15) is 11.1 Å². The number of anilines is 1. The zero-order valence-electron chi connectivity index (χ0n) is 15.3. The molecule has 148 valence electrons. The van der Waals surface area contributed by atoms with Gasteiger partial charge < -0.3 is 10.2 Å². The molecule has 28 heavy (non-hydrogen) atoms. The summed E-state index contributed by atoms with van der Waals surface area (Å²) in [5, 5.41) is 3.57. The van der Waals surface area contributed by atoms with Crippen LogP contribution in [0, 0.1) is 0 Å². The molecule has 1 saturated heterocycles. The molecule has 0 unspecified atom stereocenters. The van der Waals surface area contributed by atoms with Gasteiger partial charge in [0, 0.05) is 38.4 Å². The van der Waals surface area contributed by atoms with Crippen molar-refractivity contribution in [3.63, 3.8) is 0 Å². The molecule has 0 atom stereocenters. The molecule has 0 aromatic heterocycles. The van der Waals surface area contributed by atoms with Gasteiger partial charge >= 0.3 is 6.18 Å². The monoisotopic (exact) mass is 405 g/mol. The molecule has 0 radical (unpaired) electrons. The van der Waals surface area contributed by atoms with Crippen molar-refractivity contribution >= 4 is 29.1 Å². The fourth-order valence-electron chi connectivity index (χ4n) is 2.98. The Morgan fingerprint density at radius 2 is 1.61 bits per heavy atom. The van der Waals surface area contributed by atoms with Crippen LogP contribution in [0.15, 0.2) is 60.7 Å². The maximum Gasteiger partial charge on any atom is 0.416 e. The normalized spacial score (nSPS) is 15.8. The van der Waals surface area contributed by atoms with Crippen LogP contribution in [-0.2, 0) is 6.18 Å². The average molecular weight is 405 g/mol. The molecule has 0 saturated carbocycles. The van der Waals surface area contributed by atoms with E-state index in [9.17, 15) is 13.2 Å². The Labute approximate surface area is 168 Å². The van der Waals surface area contributed by atoms with Gasteiger partial charge in [-0.1, -0.05) is 42.5 Å². The zero-order chi connectivity index (χ0) is 20.0. The van der Waals surface area contributed by atoms with Crippen LogP contribution in [0.3, 0.4) is 0 Å². The number of benzene rings is 2. The number of halogens is 3. The Bertz CT molecular complexity index is 796. The quantitative estimate of drug-likeness (QED) is 0.741. The van der Waals surface area contributed by atoms with E-state index in [0.29, 0.717) is 10.8 Å². The van der Waals surface area contributed by atoms with Crippen molar-refractivity contribution in [3.05, 3.63) is 71.8 Å². The summed E-state index contributed by atoms with van der Waals surface area (Å²) >= 11 is 5.41. The summed E-state index contributed by atoms with van der Waals surface area (Å²) in [5.74, 6) is 0. The summed E-state index contributed by atoms with van der Waals surface area (Å²) in [7, 11) is 0. The Kier molecular flexibility index (Phi) is 6.70. The maximum absolute atomic E-state index is 12.6.